The summed E-state index contributed by atoms with van der Waals surface area (Å²) in [4.78, 5) is 0. The van der Waals surface area contributed by atoms with E-state index in [9.17, 15) is 0 Å². The Kier molecular flexibility index (Phi) is 3.74. The van der Waals surface area contributed by atoms with E-state index < -0.39 is 0 Å². The Morgan fingerprint density at radius 2 is 2.20 bits per heavy atom. The maximum absolute atomic E-state index is 5.94. The third kappa shape index (κ3) is 3.02. The summed E-state index contributed by atoms with van der Waals surface area (Å²) in [7, 11) is 0. The number of benzene rings is 1. The fourth-order valence-corrected chi connectivity index (χ4v) is 2.47. The first kappa shape index (κ1) is 13.2. The van der Waals surface area contributed by atoms with Crippen molar-refractivity contribution < 1.29 is 4.74 Å². The minimum atomic E-state index is 0.193. The number of rotatable bonds is 5. The highest BCUT2D eigenvalue weighted by atomic mass is 16.5. The molecule has 1 aliphatic heterocycles. The van der Waals surface area contributed by atoms with Crippen LogP contribution in [0.15, 0.2) is 36.5 Å². The molecular formula is C16H21N3O. The van der Waals surface area contributed by atoms with Gasteiger partial charge >= 0.3 is 0 Å². The van der Waals surface area contributed by atoms with Crippen LogP contribution < -0.4 is 10.1 Å². The molecule has 0 aliphatic carbocycles. The number of aromatic nitrogens is 2. The van der Waals surface area contributed by atoms with E-state index in [1.165, 1.54) is 5.56 Å². The van der Waals surface area contributed by atoms with Crippen molar-refractivity contribution in [1.29, 1.82) is 0 Å². The standard InChI is InChI=1S/C16H21N3O/c1-12(2)17-10-14-7-8-19(18-14)11-15-9-13-5-3-4-6-16(13)20-15/h3-8,12,15,17H,9-11H2,1-2H3. The van der Waals surface area contributed by atoms with Gasteiger partial charge in [0.25, 0.3) is 0 Å². The molecule has 106 valence electrons. The fourth-order valence-electron chi connectivity index (χ4n) is 2.47. The Labute approximate surface area is 119 Å². The first-order chi connectivity index (χ1) is 9.70. The molecule has 4 heteroatoms. The number of hydrogen-bond acceptors (Lipinski definition) is 3. The summed E-state index contributed by atoms with van der Waals surface area (Å²) in [6, 6.07) is 10.8. The van der Waals surface area contributed by atoms with Gasteiger partial charge in [0.2, 0.25) is 0 Å². The van der Waals surface area contributed by atoms with Crippen molar-refractivity contribution in [3.8, 4) is 5.75 Å². The molecule has 0 bridgehead atoms. The summed E-state index contributed by atoms with van der Waals surface area (Å²) in [5.74, 6) is 1.02. The lowest BCUT2D eigenvalue weighted by Gasteiger charge is -2.10. The van der Waals surface area contributed by atoms with Gasteiger partial charge < -0.3 is 10.1 Å². The van der Waals surface area contributed by atoms with Gasteiger partial charge in [-0.2, -0.15) is 5.10 Å². The van der Waals surface area contributed by atoms with Gasteiger partial charge in [-0.3, -0.25) is 4.68 Å². The van der Waals surface area contributed by atoms with E-state index in [0.29, 0.717) is 6.04 Å². The number of hydrogen-bond donors (Lipinski definition) is 1. The van der Waals surface area contributed by atoms with E-state index in [1.807, 2.05) is 23.0 Å². The third-order valence-electron chi connectivity index (χ3n) is 3.49. The van der Waals surface area contributed by atoms with Crippen LogP contribution in [0.5, 0.6) is 5.75 Å². The third-order valence-corrected chi connectivity index (χ3v) is 3.49. The Balaban J connectivity index is 1.57. The minimum absolute atomic E-state index is 0.193. The topological polar surface area (TPSA) is 39.1 Å². The highest BCUT2D eigenvalue weighted by Crippen LogP contribution is 2.28. The largest absolute Gasteiger partial charge is 0.488 e. The summed E-state index contributed by atoms with van der Waals surface area (Å²) in [6.07, 6.45) is 3.19. The zero-order chi connectivity index (χ0) is 13.9. The Bertz CT molecular complexity index is 552. The molecule has 2 aromatic rings. The number of ether oxygens (including phenoxy) is 1. The fraction of sp³-hybridized carbons (Fsp3) is 0.438. The summed E-state index contributed by atoms with van der Waals surface area (Å²) >= 11 is 0. The molecule has 1 aromatic heterocycles. The van der Waals surface area contributed by atoms with Crippen LogP contribution in [0.4, 0.5) is 0 Å². The molecule has 20 heavy (non-hydrogen) atoms. The van der Waals surface area contributed by atoms with Crippen molar-refractivity contribution in [3.05, 3.63) is 47.8 Å². The average Bonchev–Trinajstić information content (AvgIpc) is 3.02. The van der Waals surface area contributed by atoms with Crippen molar-refractivity contribution in [2.45, 2.75) is 45.5 Å². The molecule has 0 radical (unpaired) electrons. The molecule has 0 saturated carbocycles. The predicted octanol–water partition coefficient (Wildman–Crippen LogP) is 2.38. The molecule has 0 fully saturated rings. The van der Waals surface area contributed by atoms with Crippen LogP contribution >= 0.6 is 0 Å². The molecule has 4 nitrogen and oxygen atoms in total. The molecule has 1 unspecified atom stereocenters. The van der Waals surface area contributed by atoms with E-state index in [1.54, 1.807) is 0 Å². The average molecular weight is 271 g/mol. The second-order valence-electron chi connectivity index (χ2n) is 5.62. The predicted molar refractivity (Wildman–Crippen MR) is 78.8 cm³/mol. The quantitative estimate of drug-likeness (QED) is 0.907. The SMILES string of the molecule is CC(C)NCc1ccn(CC2Cc3ccccc3O2)n1. The van der Waals surface area contributed by atoms with Crippen LogP contribution in [-0.4, -0.2) is 21.9 Å². The molecule has 2 heterocycles. The molecule has 0 spiro atoms. The Morgan fingerprint density at radius 1 is 1.35 bits per heavy atom. The van der Waals surface area contributed by atoms with Crippen molar-refractivity contribution in [3.63, 3.8) is 0 Å². The van der Waals surface area contributed by atoms with Crippen LogP contribution in [0, 0.1) is 0 Å². The first-order valence-electron chi connectivity index (χ1n) is 7.21. The molecule has 1 atom stereocenters. The van der Waals surface area contributed by atoms with Gasteiger partial charge in [-0.05, 0) is 17.7 Å². The van der Waals surface area contributed by atoms with Gasteiger partial charge in [0.15, 0.2) is 0 Å². The lowest BCUT2D eigenvalue weighted by atomic mass is 10.1. The van der Waals surface area contributed by atoms with Gasteiger partial charge in [-0.25, -0.2) is 0 Å². The highest BCUT2D eigenvalue weighted by Gasteiger charge is 2.22. The van der Waals surface area contributed by atoms with Crippen LogP contribution in [0.2, 0.25) is 0 Å². The molecule has 3 rings (SSSR count). The molecule has 1 aromatic carbocycles. The van der Waals surface area contributed by atoms with Crippen LogP contribution in [0.25, 0.3) is 0 Å². The molecular weight excluding hydrogens is 250 g/mol. The maximum Gasteiger partial charge on any atom is 0.123 e. The zero-order valence-electron chi connectivity index (χ0n) is 12.0. The molecule has 1 N–H and O–H groups in total. The first-order valence-corrected chi connectivity index (χ1v) is 7.21. The molecule has 0 amide bonds. The minimum Gasteiger partial charge on any atom is -0.488 e. The van der Waals surface area contributed by atoms with Crippen molar-refractivity contribution in [1.82, 2.24) is 15.1 Å². The molecule has 0 saturated heterocycles. The van der Waals surface area contributed by atoms with E-state index in [4.69, 9.17) is 4.74 Å². The van der Waals surface area contributed by atoms with Crippen molar-refractivity contribution >= 4 is 0 Å². The summed E-state index contributed by atoms with van der Waals surface area (Å²) < 4.78 is 7.92. The number of para-hydroxylation sites is 1. The van der Waals surface area contributed by atoms with Gasteiger partial charge in [-0.15, -0.1) is 0 Å². The maximum atomic E-state index is 5.94. The second-order valence-corrected chi connectivity index (χ2v) is 5.62. The lowest BCUT2D eigenvalue weighted by molar-refractivity contribution is 0.203. The van der Waals surface area contributed by atoms with E-state index in [0.717, 1.165) is 31.0 Å². The molecule has 1 aliphatic rings. The smallest absolute Gasteiger partial charge is 0.123 e. The van der Waals surface area contributed by atoms with Crippen molar-refractivity contribution in [2.75, 3.05) is 0 Å². The number of nitrogens with one attached hydrogen (secondary N) is 1. The Hall–Kier alpha value is -1.81. The van der Waals surface area contributed by atoms with Crippen LogP contribution in [0.1, 0.15) is 25.1 Å². The van der Waals surface area contributed by atoms with Crippen molar-refractivity contribution in [2.24, 2.45) is 0 Å². The monoisotopic (exact) mass is 271 g/mol. The summed E-state index contributed by atoms with van der Waals surface area (Å²) in [6.45, 7) is 5.90. The van der Waals surface area contributed by atoms with Crippen LogP contribution in [0.3, 0.4) is 0 Å². The zero-order valence-corrected chi connectivity index (χ0v) is 12.0. The van der Waals surface area contributed by atoms with Gasteiger partial charge in [0.05, 0.1) is 12.2 Å². The van der Waals surface area contributed by atoms with E-state index in [-0.39, 0.29) is 6.10 Å². The van der Waals surface area contributed by atoms with Crippen LogP contribution in [-0.2, 0) is 19.5 Å². The number of fused-ring (bicyclic) bond motifs is 1. The highest BCUT2D eigenvalue weighted by molar-refractivity contribution is 5.37. The van der Waals surface area contributed by atoms with Gasteiger partial charge in [0, 0.05) is 25.2 Å². The van der Waals surface area contributed by atoms with Gasteiger partial charge in [0.1, 0.15) is 11.9 Å². The van der Waals surface area contributed by atoms with E-state index >= 15 is 0 Å². The lowest BCUT2D eigenvalue weighted by Crippen LogP contribution is -2.23. The normalized spacial score (nSPS) is 17.2. The Morgan fingerprint density at radius 3 is 3.00 bits per heavy atom. The summed E-state index contributed by atoms with van der Waals surface area (Å²) in [5, 5.41) is 7.96. The van der Waals surface area contributed by atoms with Gasteiger partial charge in [-0.1, -0.05) is 32.0 Å². The van der Waals surface area contributed by atoms with E-state index in [2.05, 4.69) is 42.5 Å². The second kappa shape index (κ2) is 5.67. The summed E-state index contributed by atoms with van der Waals surface area (Å²) in [5.41, 5.74) is 2.38. The number of nitrogens with zero attached hydrogens (tertiary/aromatic N) is 2.